The zero-order valence-corrected chi connectivity index (χ0v) is 14.5. The van der Waals surface area contributed by atoms with Crippen LogP contribution in [0.3, 0.4) is 0 Å². The first kappa shape index (κ1) is 17.0. The van der Waals surface area contributed by atoms with Gasteiger partial charge in [-0.25, -0.2) is 8.42 Å². The van der Waals surface area contributed by atoms with E-state index in [9.17, 15) is 8.42 Å². The van der Waals surface area contributed by atoms with E-state index in [1.165, 1.54) is 0 Å². The molecule has 1 aromatic rings. The van der Waals surface area contributed by atoms with Crippen LogP contribution in [0.15, 0.2) is 23.1 Å². The summed E-state index contributed by atoms with van der Waals surface area (Å²) in [7, 11) is -3.70. The molecule has 7 heteroatoms. The second kappa shape index (κ2) is 6.84. The Kier molecular flexibility index (Phi) is 5.54. The number of nitrogens with zero attached hydrogens (tertiary/aromatic N) is 1. The number of benzene rings is 1. The molecule has 1 aliphatic heterocycles. The molecule has 0 bridgehead atoms. The van der Waals surface area contributed by atoms with Crippen LogP contribution in [0.1, 0.15) is 26.7 Å². The predicted octanol–water partition coefficient (Wildman–Crippen LogP) is 3.14. The predicted molar refractivity (Wildman–Crippen MR) is 86.5 cm³/mol. The number of halogens is 2. The third-order valence-corrected chi connectivity index (χ3v) is 6.77. The quantitative estimate of drug-likeness (QED) is 0.907. The summed E-state index contributed by atoms with van der Waals surface area (Å²) < 4.78 is 27.5. The van der Waals surface area contributed by atoms with Gasteiger partial charge in [0, 0.05) is 25.2 Å². The lowest BCUT2D eigenvalue weighted by molar-refractivity contribution is 0.215. The van der Waals surface area contributed by atoms with Gasteiger partial charge in [-0.1, -0.05) is 43.1 Å². The summed E-state index contributed by atoms with van der Waals surface area (Å²) in [6, 6.07) is 4.84. The average molecular weight is 351 g/mol. The van der Waals surface area contributed by atoms with Crippen LogP contribution in [0.25, 0.3) is 0 Å². The van der Waals surface area contributed by atoms with Gasteiger partial charge >= 0.3 is 0 Å². The van der Waals surface area contributed by atoms with E-state index in [-0.39, 0.29) is 27.0 Å². The van der Waals surface area contributed by atoms with Gasteiger partial charge in [-0.05, 0) is 25.0 Å². The van der Waals surface area contributed by atoms with E-state index < -0.39 is 10.0 Å². The zero-order valence-electron chi connectivity index (χ0n) is 12.1. The van der Waals surface area contributed by atoms with E-state index in [0.29, 0.717) is 13.1 Å². The van der Waals surface area contributed by atoms with Crippen molar-refractivity contribution < 1.29 is 8.42 Å². The third kappa shape index (κ3) is 3.37. The molecular formula is C14H20Cl2N2O2S. The largest absolute Gasteiger partial charge is 0.311 e. The van der Waals surface area contributed by atoms with E-state index in [0.717, 1.165) is 12.8 Å². The van der Waals surface area contributed by atoms with Crippen molar-refractivity contribution in [3.8, 4) is 0 Å². The standard InChI is InChI=1S/C14H20Cl2N2O2S/c1-3-10-9-18(11(4-2)8-17-10)21(19,20)14-12(15)6-5-7-13(14)16/h5-7,10-11,17H,3-4,8-9H2,1-2H3. The molecular weight excluding hydrogens is 331 g/mol. The Morgan fingerprint density at radius 1 is 1.24 bits per heavy atom. The highest BCUT2D eigenvalue weighted by atomic mass is 35.5. The Morgan fingerprint density at radius 3 is 2.38 bits per heavy atom. The molecule has 2 unspecified atom stereocenters. The van der Waals surface area contributed by atoms with Gasteiger partial charge in [0.2, 0.25) is 10.0 Å². The summed E-state index contributed by atoms with van der Waals surface area (Å²) in [5.74, 6) is 0. The summed E-state index contributed by atoms with van der Waals surface area (Å²) in [4.78, 5) is 0.0172. The molecule has 2 rings (SSSR count). The molecule has 1 aromatic carbocycles. The number of sulfonamides is 1. The first-order chi connectivity index (χ1) is 9.91. The maximum Gasteiger partial charge on any atom is 0.246 e. The lowest BCUT2D eigenvalue weighted by Crippen LogP contribution is -2.57. The lowest BCUT2D eigenvalue weighted by Gasteiger charge is -2.39. The van der Waals surface area contributed by atoms with Crippen LogP contribution < -0.4 is 5.32 Å². The van der Waals surface area contributed by atoms with E-state index in [1.54, 1.807) is 22.5 Å². The van der Waals surface area contributed by atoms with Crippen molar-refractivity contribution in [2.75, 3.05) is 13.1 Å². The van der Waals surface area contributed by atoms with Gasteiger partial charge in [-0.15, -0.1) is 0 Å². The fourth-order valence-corrected chi connectivity index (χ4v) is 5.44. The number of rotatable bonds is 4. The molecule has 0 aliphatic carbocycles. The van der Waals surface area contributed by atoms with Crippen LogP contribution in [0, 0.1) is 0 Å². The minimum Gasteiger partial charge on any atom is -0.311 e. The number of nitrogens with one attached hydrogen (secondary N) is 1. The lowest BCUT2D eigenvalue weighted by atomic mass is 10.1. The highest BCUT2D eigenvalue weighted by Gasteiger charge is 2.37. The van der Waals surface area contributed by atoms with E-state index >= 15 is 0 Å². The molecule has 0 spiro atoms. The van der Waals surface area contributed by atoms with Gasteiger partial charge in [0.15, 0.2) is 0 Å². The van der Waals surface area contributed by atoms with Crippen LogP contribution in [-0.2, 0) is 10.0 Å². The Bertz CT molecular complexity index is 587. The van der Waals surface area contributed by atoms with Crippen molar-refractivity contribution in [1.29, 1.82) is 0 Å². The summed E-state index contributed by atoms with van der Waals surface area (Å²) in [6.07, 6.45) is 1.61. The second-order valence-electron chi connectivity index (χ2n) is 5.20. The van der Waals surface area contributed by atoms with Gasteiger partial charge in [0.25, 0.3) is 0 Å². The molecule has 1 fully saturated rings. The van der Waals surface area contributed by atoms with Crippen LogP contribution in [0.4, 0.5) is 0 Å². The zero-order chi connectivity index (χ0) is 15.6. The van der Waals surface area contributed by atoms with Gasteiger partial charge < -0.3 is 5.32 Å². The Morgan fingerprint density at radius 2 is 1.86 bits per heavy atom. The maximum absolute atomic E-state index is 13.0. The normalized spacial score (nSPS) is 24.2. The van der Waals surface area contributed by atoms with Crippen LogP contribution in [0.2, 0.25) is 10.0 Å². The van der Waals surface area contributed by atoms with E-state index in [2.05, 4.69) is 5.32 Å². The van der Waals surface area contributed by atoms with Crippen molar-refractivity contribution in [1.82, 2.24) is 9.62 Å². The fraction of sp³-hybridized carbons (Fsp3) is 0.571. The maximum atomic E-state index is 13.0. The van der Waals surface area contributed by atoms with Crippen molar-refractivity contribution in [2.24, 2.45) is 0 Å². The first-order valence-electron chi connectivity index (χ1n) is 7.11. The topological polar surface area (TPSA) is 49.4 Å². The highest BCUT2D eigenvalue weighted by molar-refractivity contribution is 7.89. The summed E-state index contributed by atoms with van der Waals surface area (Å²) in [6.45, 7) is 5.11. The molecule has 0 aromatic heterocycles. The Balaban J connectivity index is 2.45. The van der Waals surface area contributed by atoms with Crippen molar-refractivity contribution in [2.45, 2.75) is 43.7 Å². The summed E-state index contributed by atoms with van der Waals surface area (Å²) in [5.41, 5.74) is 0. The summed E-state index contributed by atoms with van der Waals surface area (Å²) >= 11 is 12.2. The molecule has 0 amide bonds. The molecule has 1 N–H and O–H groups in total. The van der Waals surface area contributed by atoms with Crippen molar-refractivity contribution >= 4 is 33.2 Å². The molecule has 1 heterocycles. The van der Waals surface area contributed by atoms with Crippen molar-refractivity contribution in [3.05, 3.63) is 28.2 Å². The number of hydrogen-bond acceptors (Lipinski definition) is 3. The van der Waals surface area contributed by atoms with Crippen molar-refractivity contribution in [3.63, 3.8) is 0 Å². The molecule has 0 radical (unpaired) electrons. The van der Waals surface area contributed by atoms with E-state index in [1.807, 2.05) is 13.8 Å². The van der Waals surface area contributed by atoms with Gasteiger partial charge in [0.05, 0.1) is 10.0 Å². The molecule has 21 heavy (non-hydrogen) atoms. The molecule has 4 nitrogen and oxygen atoms in total. The highest BCUT2D eigenvalue weighted by Crippen LogP contribution is 2.33. The molecule has 2 atom stereocenters. The van der Waals surface area contributed by atoms with Gasteiger partial charge in [0.1, 0.15) is 4.90 Å². The van der Waals surface area contributed by atoms with Gasteiger partial charge in [-0.2, -0.15) is 4.31 Å². The molecule has 0 saturated carbocycles. The Hall–Kier alpha value is -0.330. The minimum atomic E-state index is -3.70. The summed E-state index contributed by atoms with van der Waals surface area (Å²) in [5, 5.41) is 3.72. The first-order valence-corrected chi connectivity index (χ1v) is 9.30. The third-order valence-electron chi connectivity index (χ3n) is 3.90. The number of hydrogen-bond donors (Lipinski definition) is 1. The SMILES string of the molecule is CCC1CN(S(=O)(=O)c2c(Cl)cccc2Cl)C(CC)CN1. The monoisotopic (exact) mass is 350 g/mol. The molecule has 1 aliphatic rings. The number of piperazine rings is 1. The fourth-order valence-electron chi connectivity index (χ4n) is 2.60. The minimum absolute atomic E-state index is 0.0172. The van der Waals surface area contributed by atoms with Gasteiger partial charge in [-0.3, -0.25) is 0 Å². The smallest absolute Gasteiger partial charge is 0.246 e. The Labute approximate surface area is 136 Å². The van der Waals surface area contributed by atoms with Crippen LogP contribution >= 0.6 is 23.2 Å². The average Bonchev–Trinajstić information content (AvgIpc) is 2.46. The van der Waals surface area contributed by atoms with Crippen LogP contribution in [0.5, 0.6) is 0 Å². The molecule has 118 valence electrons. The molecule has 1 saturated heterocycles. The second-order valence-corrected chi connectivity index (χ2v) is 7.84. The van der Waals surface area contributed by atoms with Crippen LogP contribution in [-0.4, -0.2) is 37.9 Å². The van der Waals surface area contributed by atoms with E-state index in [4.69, 9.17) is 23.2 Å².